The van der Waals surface area contributed by atoms with E-state index in [1.165, 1.54) is 12.0 Å². The van der Waals surface area contributed by atoms with Crippen molar-refractivity contribution in [1.29, 1.82) is 0 Å². The summed E-state index contributed by atoms with van der Waals surface area (Å²) in [5.41, 5.74) is 1.40. The molecule has 1 fully saturated rings. The molecule has 1 aliphatic rings. The van der Waals surface area contributed by atoms with Gasteiger partial charge in [0.05, 0.1) is 6.61 Å². The Hall–Kier alpha value is -0.790. The number of esters is 1. The molecule has 80 valence electrons. The second-order valence-corrected chi connectivity index (χ2v) is 4.58. The molecule has 2 heteroatoms. The van der Waals surface area contributed by atoms with Gasteiger partial charge in [0.1, 0.15) is 0 Å². The van der Waals surface area contributed by atoms with Gasteiger partial charge in [-0.25, -0.2) is 4.79 Å². The molecule has 0 heterocycles. The van der Waals surface area contributed by atoms with Crippen LogP contribution >= 0.6 is 0 Å². The molecule has 0 aliphatic heterocycles. The van der Waals surface area contributed by atoms with E-state index in [2.05, 4.69) is 20.8 Å². The van der Waals surface area contributed by atoms with Crippen LogP contribution in [-0.2, 0) is 9.53 Å². The van der Waals surface area contributed by atoms with Gasteiger partial charge in [0.25, 0.3) is 0 Å². The summed E-state index contributed by atoms with van der Waals surface area (Å²) < 4.78 is 4.92. The molecule has 0 radical (unpaired) electrons. The molecule has 0 spiro atoms. The molecule has 0 N–H and O–H groups in total. The Kier molecular flexibility index (Phi) is 3.35. The van der Waals surface area contributed by atoms with E-state index in [1.807, 2.05) is 6.92 Å². The van der Waals surface area contributed by atoms with Gasteiger partial charge in [0.2, 0.25) is 0 Å². The summed E-state index contributed by atoms with van der Waals surface area (Å²) in [6.07, 6.45) is 3.90. The second-order valence-electron chi connectivity index (χ2n) is 4.58. The second kappa shape index (κ2) is 4.16. The summed E-state index contributed by atoms with van der Waals surface area (Å²) in [4.78, 5) is 11.3. The van der Waals surface area contributed by atoms with Crippen molar-refractivity contribution in [3.05, 3.63) is 11.6 Å². The molecule has 1 atom stereocenters. The topological polar surface area (TPSA) is 26.3 Å². The van der Waals surface area contributed by atoms with Gasteiger partial charge >= 0.3 is 5.97 Å². The van der Waals surface area contributed by atoms with E-state index in [0.717, 1.165) is 6.42 Å². The lowest BCUT2D eigenvalue weighted by Crippen LogP contribution is -2.17. The molecule has 0 amide bonds. The van der Waals surface area contributed by atoms with Gasteiger partial charge < -0.3 is 4.74 Å². The lowest BCUT2D eigenvalue weighted by atomic mass is 9.80. The maximum Gasteiger partial charge on any atom is 0.330 e. The van der Waals surface area contributed by atoms with Crippen LogP contribution in [0.4, 0.5) is 0 Å². The molecule has 14 heavy (non-hydrogen) atoms. The highest BCUT2D eigenvalue weighted by Crippen LogP contribution is 2.46. The lowest BCUT2D eigenvalue weighted by Gasteiger charge is -2.25. The molecular weight excluding hydrogens is 176 g/mol. The Morgan fingerprint density at radius 2 is 2.29 bits per heavy atom. The minimum absolute atomic E-state index is 0.159. The number of allylic oxidation sites excluding steroid dienone is 1. The predicted octanol–water partition coefficient (Wildman–Crippen LogP) is 2.93. The summed E-state index contributed by atoms with van der Waals surface area (Å²) in [5.74, 6) is 0.466. The fourth-order valence-corrected chi connectivity index (χ4v) is 1.96. The van der Waals surface area contributed by atoms with Crippen LogP contribution in [-0.4, -0.2) is 12.6 Å². The first-order valence-electron chi connectivity index (χ1n) is 5.36. The Labute approximate surface area is 86.3 Å². The zero-order chi connectivity index (χ0) is 10.8. The van der Waals surface area contributed by atoms with Crippen LogP contribution < -0.4 is 0 Å². The van der Waals surface area contributed by atoms with E-state index in [9.17, 15) is 4.79 Å². The van der Waals surface area contributed by atoms with Gasteiger partial charge in [-0.1, -0.05) is 26.3 Å². The molecule has 1 rings (SSSR count). The van der Waals surface area contributed by atoms with Crippen LogP contribution in [0.25, 0.3) is 0 Å². The normalized spacial score (nSPS) is 28.0. The standard InChI is InChI=1S/C12H20O2/c1-5-14-11(13)8-10-7-6-9(2)12(10,3)4/h8-9H,5-7H2,1-4H3/b10-8-/t9-/m0/s1. The van der Waals surface area contributed by atoms with Gasteiger partial charge in [-0.2, -0.15) is 0 Å². The van der Waals surface area contributed by atoms with Gasteiger partial charge in [0, 0.05) is 6.08 Å². The van der Waals surface area contributed by atoms with E-state index in [-0.39, 0.29) is 11.4 Å². The van der Waals surface area contributed by atoms with Gasteiger partial charge in [-0.05, 0) is 31.1 Å². The highest BCUT2D eigenvalue weighted by molar-refractivity contribution is 5.83. The maximum absolute atomic E-state index is 11.3. The number of ether oxygens (including phenoxy) is 1. The molecule has 0 saturated heterocycles. The van der Waals surface area contributed by atoms with Crippen molar-refractivity contribution >= 4 is 5.97 Å². The Morgan fingerprint density at radius 1 is 1.64 bits per heavy atom. The average Bonchev–Trinajstić information content (AvgIpc) is 2.32. The Balaban J connectivity index is 2.74. The van der Waals surface area contributed by atoms with Crippen LogP contribution in [0.3, 0.4) is 0 Å². The van der Waals surface area contributed by atoms with Crippen molar-refractivity contribution < 1.29 is 9.53 Å². The van der Waals surface area contributed by atoms with E-state index in [1.54, 1.807) is 6.08 Å². The fraction of sp³-hybridized carbons (Fsp3) is 0.750. The quantitative estimate of drug-likeness (QED) is 0.501. The van der Waals surface area contributed by atoms with E-state index in [0.29, 0.717) is 12.5 Å². The van der Waals surface area contributed by atoms with E-state index in [4.69, 9.17) is 4.74 Å². The van der Waals surface area contributed by atoms with Crippen molar-refractivity contribution in [3.63, 3.8) is 0 Å². The number of hydrogen-bond acceptors (Lipinski definition) is 2. The highest BCUT2D eigenvalue weighted by atomic mass is 16.5. The predicted molar refractivity (Wildman–Crippen MR) is 56.9 cm³/mol. The molecule has 2 nitrogen and oxygen atoms in total. The number of carbonyl (C=O) groups excluding carboxylic acids is 1. The van der Waals surface area contributed by atoms with Gasteiger partial charge in [0.15, 0.2) is 0 Å². The van der Waals surface area contributed by atoms with E-state index < -0.39 is 0 Å². The summed E-state index contributed by atoms with van der Waals surface area (Å²) in [5, 5.41) is 0. The third kappa shape index (κ3) is 2.17. The van der Waals surface area contributed by atoms with Crippen LogP contribution in [0.5, 0.6) is 0 Å². The minimum atomic E-state index is -0.190. The van der Waals surface area contributed by atoms with Gasteiger partial charge in [-0.3, -0.25) is 0 Å². The first kappa shape index (κ1) is 11.3. The third-order valence-corrected chi connectivity index (χ3v) is 3.48. The summed E-state index contributed by atoms with van der Waals surface area (Å²) in [6, 6.07) is 0. The molecule has 0 aromatic rings. The first-order valence-corrected chi connectivity index (χ1v) is 5.36. The third-order valence-electron chi connectivity index (χ3n) is 3.48. The molecule has 0 bridgehead atoms. The van der Waals surface area contributed by atoms with E-state index >= 15 is 0 Å². The smallest absolute Gasteiger partial charge is 0.330 e. The zero-order valence-corrected chi connectivity index (χ0v) is 9.59. The number of hydrogen-bond donors (Lipinski definition) is 0. The van der Waals surface area contributed by atoms with Crippen molar-refractivity contribution in [1.82, 2.24) is 0 Å². The minimum Gasteiger partial charge on any atom is -0.463 e. The van der Waals surface area contributed by atoms with Crippen LogP contribution in [0.15, 0.2) is 11.6 Å². The van der Waals surface area contributed by atoms with Crippen molar-refractivity contribution in [2.24, 2.45) is 11.3 Å². The van der Waals surface area contributed by atoms with Crippen LogP contribution in [0.1, 0.15) is 40.5 Å². The summed E-state index contributed by atoms with van der Waals surface area (Å²) in [6.45, 7) is 8.94. The highest BCUT2D eigenvalue weighted by Gasteiger charge is 2.35. The van der Waals surface area contributed by atoms with Crippen LogP contribution in [0, 0.1) is 11.3 Å². The maximum atomic E-state index is 11.3. The average molecular weight is 196 g/mol. The SMILES string of the molecule is CCOC(=O)/C=C1/CC[C@H](C)C1(C)C. The first-order chi connectivity index (χ1) is 6.48. The Morgan fingerprint density at radius 3 is 2.71 bits per heavy atom. The summed E-state index contributed by atoms with van der Waals surface area (Å²) in [7, 11) is 0. The molecule has 1 aliphatic carbocycles. The Bertz CT molecular complexity index is 251. The number of carbonyl (C=O) groups is 1. The summed E-state index contributed by atoms with van der Waals surface area (Å²) >= 11 is 0. The van der Waals surface area contributed by atoms with Crippen molar-refractivity contribution in [3.8, 4) is 0 Å². The largest absolute Gasteiger partial charge is 0.463 e. The molecule has 0 aromatic carbocycles. The molecular formula is C12H20O2. The zero-order valence-electron chi connectivity index (χ0n) is 9.59. The monoisotopic (exact) mass is 196 g/mol. The molecule has 0 unspecified atom stereocenters. The molecule has 1 saturated carbocycles. The number of rotatable bonds is 2. The lowest BCUT2D eigenvalue weighted by molar-refractivity contribution is -0.137. The van der Waals surface area contributed by atoms with Crippen LogP contribution in [0.2, 0.25) is 0 Å². The fourth-order valence-electron chi connectivity index (χ4n) is 1.96. The van der Waals surface area contributed by atoms with Gasteiger partial charge in [-0.15, -0.1) is 0 Å². The van der Waals surface area contributed by atoms with Crippen molar-refractivity contribution in [2.45, 2.75) is 40.5 Å². The molecule has 0 aromatic heterocycles. The van der Waals surface area contributed by atoms with Crippen molar-refractivity contribution in [2.75, 3.05) is 6.61 Å².